The number of halogens is 1. The van der Waals surface area contributed by atoms with Crippen LogP contribution in [0, 0.1) is 0 Å². The van der Waals surface area contributed by atoms with E-state index in [1.165, 1.54) is 16.7 Å². The molecule has 0 saturated heterocycles. The maximum Gasteiger partial charge on any atom is 0.204 e. The van der Waals surface area contributed by atoms with Gasteiger partial charge in [0.25, 0.3) is 0 Å². The van der Waals surface area contributed by atoms with Crippen molar-refractivity contribution < 1.29 is 13.6 Å². The van der Waals surface area contributed by atoms with Gasteiger partial charge in [-0.3, -0.25) is 4.98 Å². The Balaban J connectivity index is 0.000000238. The Hall–Kier alpha value is -3.44. The van der Waals surface area contributed by atoms with Crippen molar-refractivity contribution >= 4 is 10.5 Å². The first-order valence-electron chi connectivity index (χ1n) is 14.3. The van der Waals surface area contributed by atoms with Crippen molar-refractivity contribution in [1.82, 2.24) is 4.98 Å². The largest absolute Gasteiger partial charge is 0.553 e. The molecule has 0 radical (unpaired) electrons. The van der Waals surface area contributed by atoms with E-state index in [0.717, 1.165) is 30.6 Å². The molecule has 40 heavy (non-hydrogen) atoms. The molecule has 3 aromatic carbocycles. The molecule has 4 rings (SSSR count). The number of benzene rings is 3. The summed E-state index contributed by atoms with van der Waals surface area (Å²) in [5, 5.41) is 0. The van der Waals surface area contributed by atoms with Gasteiger partial charge in [0.2, 0.25) is 10.5 Å². The topological polar surface area (TPSA) is 31.4 Å². The fourth-order valence-corrected chi connectivity index (χ4v) is 5.15. The maximum atomic E-state index is 15.0. The lowest BCUT2D eigenvalue weighted by Gasteiger charge is -2.24. The van der Waals surface area contributed by atoms with E-state index >= 15 is 0 Å². The van der Waals surface area contributed by atoms with E-state index in [4.69, 9.17) is 9.16 Å². The Morgan fingerprint density at radius 1 is 0.850 bits per heavy atom. The lowest BCUT2D eigenvalue weighted by Crippen LogP contribution is -2.22. The van der Waals surface area contributed by atoms with E-state index in [1.807, 2.05) is 36.4 Å². The van der Waals surface area contributed by atoms with Gasteiger partial charge < -0.3 is 9.16 Å². The quantitative estimate of drug-likeness (QED) is 0.137. The lowest BCUT2D eigenvalue weighted by atomic mass is 9.82. The third kappa shape index (κ3) is 9.34. The molecule has 0 aliphatic carbocycles. The monoisotopic (exact) mass is 557 g/mol. The number of ether oxygens (including phenoxy) is 1. The van der Waals surface area contributed by atoms with Crippen LogP contribution in [0.2, 0.25) is 0 Å². The zero-order chi connectivity index (χ0) is 28.8. The van der Waals surface area contributed by atoms with Gasteiger partial charge in [-0.15, -0.1) is 0 Å². The Kier molecular flexibility index (Phi) is 12.4. The minimum atomic E-state index is -0.953. The van der Waals surface area contributed by atoms with Crippen LogP contribution in [0.4, 0.5) is 4.39 Å². The maximum absolute atomic E-state index is 15.0. The van der Waals surface area contributed by atoms with E-state index in [-0.39, 0.29) is 17.9 Å². The Morgan fingerprint density at radius 2 is 1.55 bits per heavy atom. The number of para-hydroxylation sites is 1. The normalized spacial score (nSPS) is 12.6. The van der Waals surface area contributed by atoms with Gasteiger partial charge in [0.15, 0.2) is 0 Å². The van der Waals surface area contributed by atoms with Crippen LogP contribution >= 0.6 is 0 Å². The fraction of sp³-hybridized carbons (Fsp3) is 0.343. The number of hydrogen-bond donors (Lipinski definition) is 0. The molecular weight excluding hydrogens is 513 g/mol. The van der Waals surface area contributed by atoms with E-state index in [1.54, 1.807) is 12.4 Å². The molecule has 5 heteroatoms. The molecule has 0 fully saturated rings. The summed E-state index contributed by atoms with van der Waals surface area (Å²) in [6.07, 6.45) is 5.97. The number of aromatic nitrogens is 1. The number of rotatable bonds is 11. The van der Waals surface area contributed by atoms with Crippen LogP contribution in [-0.4, -0.2) is 28.2 Å². The highest BCUT2D eigenvalue weighted by atomic mass is 28.2. The number of alkyl halides is 1. The average molecular weight is 558 g/mol. The SMILES string of the molecule is CC(C)(C)c1ccccc1-c1ccccc1.CCCCCC(F)C(COc1cccnc1)c1ccccc1O[SiH3]. The molecule has 2 unspecified atom stereocenters. The molecule has 0 N–H and O–H groups in total. The van der Waals surface area contributed by atoms with Crippen LogP contribution in [0.15, 0.2) is 103 Å². The summed E-state index contributed by atoms with van der Waals surface area (Å²) in [5.41, 5.74) is 5.12. The molecule has 0 aliphatic rings. The number of nitrogens with zero attached hydrogens (tertiary/aromatic N) is 1. The van der Waals surface area contributed by atoms with E-state index < -0.39 is 6.17 Å². The third-order valence-electron chi connectivity index (χ3n) is 6.94. The predicted molar refractivity (Wildman–Crippen MR) is 169 cm³/mol. The molecule has 1 aromatic heterocycles. The smallest absolute Gasteiger partial charge is 0.204 e. The van der Waals surface area contributed by atoms with Crippen LogP contribution < -0.4 is 9.16 Å². The summed E-state index contributed by atoms with van der Waals surface area (Å²) in [4.78, 5) is 4.04. The highest BCUT2D eigenvalue weighted by molar-refractivity contribution is 6.00. The molecule has 3 nitrogen and oxygen atoms in total. The second kappa shape index (κ2) is 16.0. The standard InChI is InChI=1S/C19H26FNO2Si.C16H18/c1-2-3-4-10-18(20)17(14-22-15-8-7-12-21-13-15)16-9-5-6-11-19(16)23-24;1-16(2,3)15-12-8-7-11-14(15)13-9-5-4-6-10-13/h5-9,11-13,17-18H,2-4,10,14H2,1,24H3;4-12H,1-3H3. The summed E-state index contributed by atoms with van der Waals surface area (Å²) in [7, 11) is 0.577. The molecule has 0 amide bonds. The molecule has 0 saturated carbocycles. The van der Waals surface area contributed by atoms with Crippen molar-refractivity contribution in [3.05, 3.63) is 115 Å². The van der Waals surface area contributed by atoms with Crippen LogP contribution in [0.3, 0.4) is 0 Å². The van der Waals surface area contributed by atoms with Gasteiger partial charge in [-0.25, -0.2) is 4.39 Å². The van der Waals surface area contributed by atoms with Gasteiger partial charge in [-0.2, -0.15) is 0 Å². The summed E-state index contributed by atoms with van der Waals surface area (Å²) in [6.45, 7) is 9.18. The van der Waals surface area contributed by atoms with Gasteiger partial charge in [0.1, 0.15) is 17.7 Å². The molecule has 212 valence electrons. The lowest BCUT2D eigenvalue weighted by molar-refractivity contribution is 0.188. The summed E-state index contributed by atoms with van der Waals surface area (Å²) >= 11 is 0. The van der Waals surface area contributed by atoms with Crippen LogP contribution in [0.5, 0.6) is 11.5 Å². The van der Waals surface area contributed by atoms with Crippen molar-refractivity contribution in [3.63, 3.8) is 0 Å². The van der Waals surface area contributed by atoms with Gasteiger partial charge in [-0.1, -0.05) is 120 Å². The van der Waals surface area contributed by atoms with Gasteiger partial charge in [-0.05, 0) is 46.7 Å². The third-order valence-corrected chi connectivity index (χ3v) is 7.38. The Bertz CT molecular complexity index is 1260. The average Bonchev–Trinajstić information content (AvgIpc) is 2.98. The fourth-order valence-electron chi connectivity index (χ4n) is 4.78. The zero-order valence-corrected chi connectivity index (χ0v) is 26.6. The summed E-state index contributed by atoms with van der Waals surface area (Å²) in [5.74, 6) is 1.09. The van der Waals surface area contributed by atoms with Crippen LogP contribution in [-0.2, 0) is 5.41 Å². The van der Waals surface area contributed by atoms with Crippen LogP contribution in [0.25, 0.3) is 11.1 Å². The number of unbranched alkanes of at least 4 members (excludes halogenated alkanes) is 2. The second-order valence-corrected chi connectivity index (χ2v) is 11.4. The predicted octanol–water partition coefficient (Wildman–Crippen LogP) is 8.47. The first-order valence-corrected chi connectivity index (χ1v) is 15.1. The molecule has 0 bridgehead atoms. The first-order chi connectivity index (χ1) is 19.3. The van der Waals surface area contributed by atoms with Crippen molar-refractivity contribution in [2.45, 2.75) is 70.9 Å². The Labute approximate surface area is 243 Å². The molecule has 4 aromatic rings. The molecule has 2 atom stereocenters. The van der Waals surface area contributed by atoms with Crippen molar-refractivity contribution in [2.24, 2.45) is 0 Å². The first kappa shape index (κ1) is 31.1. The van der Waals surface area contributed by atoms with Crippen molar-refractivity contribution in [2.75, 3.05) is 6.61 Å². The molecule has 0 aliphatic heterocycles. The highest BCUT2D eigenvalue weighted by Crippen LogP contribution is 2.34. The van der Waals surface area contributed by atoms with E-state index in [9.17, 15) is 4.39 Å². The van der Waals surface area contributed by atoms with E-state index in [2.05, 4.69) is 87.3 Å². The number of pyridine rings is 1. The second-order valence-electron chi connectivity index (χ2n) is 11.0. The van der Waals surface area contributed by atoms with Gasteiger partial charge in [0.05, 0.1) is 18.7 Å². The van der Waals surface area contributed by atoms with Crippen LogP contribution in [0.1, 0.15) is 70.4 Å². The van der Waals surface area contributed by atoms with Crippen molar-refractivity contribution in [3.8, 4) is 22.6 Å². The van der Waals surface area contributed by atoms with E-state index in [0.29, 0.717) is 22.7 Å². The zero-order valence-electron chi connectivity index (χ0n) is 24.6. The highest BCUT2D eigenvalue weighted by Gasteiger charge is 2.26. The van der Waals surface area contributed by atoms with Gasteiger partial charge >= 0.3 is 0 Å². The Morgan fingerprint density at radius 3 is 2.23 bits per heavy atom. The summed E-state index contributed by atoms with van der Waals surface area (Å²) < 4.78 is 26.3. The molecular formula is C35H44FNO2Si. The van der Waals surface area contributed by atoms with Gasteiger partial charge in [0, 0.05) is 11.8 Å². The minimum Gasteiger partial charge on any atom is -0.553 e. The summed E-state index contributed by atoms with van der Waals surface area (Å²) in [6, 6.07) is 30.6. The minimum absolute atomic E-state index is 0.187. The molecule has 0 spiro atoms. The molecule has 1 heterocycles. The van der Waals surface area contributed by atoms with Crippen molar-refractivity contribution in [1.29, 1.82) is 0 Å². The number of hydrogen-bond acceptors (Lipinski definition) is 3.